The average Bonchev–Trinajstić information content (AvgIpc) is 2.40. The number of hydrogen-bond acceptors (Lipinski definition) is 2. The fourth-order valence-corrected chi connectivity index (χ4v) is 3.24. The largest absolute Gasteiger partial charge is 0.493 e. The summed E-state index contributed by atoms with van der Waals surface area (Å²) in [6.45, 7) is 2.55. The van der Waals surface area contributed by atoms with Crippen molar-refractivity contribution >= 4 is 38.5 Å². The summed E-state index contributed by atoms with van der Waals surface area (Å²) >= 11 is 5.58. The molecule has 2 aromatic rings. The van der Waals surface area contributed by atoms with Gasteiger partial charge in [0.05, 0.1) is 17.1 Å². The fraction of sp³-hybridized carbons (Fsp3) is 0.200. The van der Waals surface area contributed by atoms with E-state index in [-0.39, 0.29) is 11.9 Å². The second-order valence-electron chi connectivity index (χ2n) is 4.27. The Morgan fingerprint density at radius 1 is 1.30 bits per heavy atom. The Kier molecular flexibility index (Phi) is 5.40. The van der Waals surface area contributed by atoms with Crippen molar-refractivity contribution in [2.45, 2.75) is 13.0 Å². The first kappa shape index (κ1) is 15.7. The van der Waals surface area contributed by atoms with Crippen LogP contribution < -0.4 is 10.5 Å². The maximum absolute atomic E-state index is 13.1. The highest BCUT2D eigenvalue weighted by molar-refractivity contribution is 14.1. The minimum Gasteiger partial charge on any atom is -0.493 e. The molecule has 0 aliphatic heterocycles. The summed E-state index contributed by atoms with van der Waals surface area (Å²) in [6.07, 6.45) is 0. The van der Waals surface area contributed by atoms with Crippen LogP contribution in [-0.4, -0.2) is 6.61 Å². The maximum atomic E-state index is 13.1. The Labute approximate surface area is 139 Å². The molecule has 0 radical (unpaired) electrons. The zero-order valence-corrected chi connectivity index (χ0v) is 14.6. The first-order valence-electron chi connectivity index (χ1n) is 6.15. The van der Waals surface area contributed by atoms with Gasteiger partial charge in [0.25, 0.3) is 0 Å². The molecule has 2 N–H and O–H groups in total. The van der Waals surface area contributed by atoms with Crippen molar-refractivity contribution in [3.63, 3.8) is 0 Å². The van der Waals surface area contributed by atoms with Crippen LogP contribution in [0.3, 0.4) is 0 Å². The summed E-state index contributed by atoms with van der Waals surface area (Å²) in [7, 11) is 0. The molecule has 0 amide bonds. The second kappa shape index (κ2) is 6.87. The Morgan fingerprint density at radius 3 is 2.65 bits per heavy atom. The molecule has 2 aromatic carbocycles. The lowest BCUT2D eigenvalue weighted by atomic mass is 9.99. The number of nitrogens with two attached hydrogens (primary N) is 1. The Morgan fingerprint density at radius 2 is 2.05 bits per heavy atom. The lowest BCUT2D eigenvalue weighted by molar-refractivity contribution is 0.338. The van der Waals surface area contributed by atoms with Crippen molar-refractivity contribution in [3.8, 4) is 5.75 Å². The van der Waals surface area contributed by atoms with Crippen LogP contribution in [0.15, 0.2) is 40.9 Å². The average molecular weight is 450 g/mol. The van der Waals surface area contributed by atoms with Crippen LogP contribution in [0.2, 0.25) is 0 Å². The number of hydrogen-bond donors (Lipinski definition) is 1. The molecule has 0 heterocycles. The lowest BCUT2D eigenvalue weighted by Crippen LogP contribution is -2.13. The van der Waals surface area contributed by atoms with Crippen LogP contribution in [0, 0.1) is 9.39 Å². The smallest absolute Gasteiger partial charge is 0.133 e. The number of rotatable bonds is 4. The minimum atomic E-state index is -0.297. The van der Waals surface area contributed by atoms with Crippen LogP contribution in [-0.2, 0) is 0 Å². The predicted molar refractivity (Wildman–Crippen MR) is 90.5 cm³/mol. The van der Waals surface area contributed by atoms with Gasteiger partial charge in [-0.25, -0.2) is 4.39 Å². The van der Waals surface area contributed by atoms with Gasteiger partial charge < -0.3 is 10.5 Å². The van der Waals surface area contributed by atoms with Gasteiger partial charge >= 0.3 is 0 Å². The first-order valence-corrected chi connectivity index (χ1v) is 8.03. The molecule has 5 heteroatoms. The van der Waals surface area contributed by atoms with Crippen molar-refractivity contribution in [2.75, 3.05) is 6.61 Å². The monoisotopic (exact) mass is 449 g/mol. The summed E-state index contributed by atoms with van der Waals surface area (Å²) in [5.74, 6) is 0.537. The molecule has 0 bridgehead atoms. The van der Waals surface area contributed by atoms with E-state index < -0.39 is 0 Å². The predicted octanol–water partition coefficient (Wildman–Crippen LogP) is 4.64. The summed E-state index contributed by atoms with van der Waals surface area (Å²) in [5, 5.41) is 0. The Hall–Kier alpha value is -0.660. The summed E-state index contributed by atoms with van der Waals surface area (Å²) in [5.41, 5.74) is 8.13. The first-order chi connectivity index (χ1) is 9.52. The fourth-order valence-electron chi connectivity index (χ4n) is 1.92. The normalized spacial score (nSPS) is 12.2. The SMILES string of the molecule is CCOc1ccc(C(N)c2ccc(F)cc2I)cc1Br. The number of benzene rings is 2. The van der Waals surface area contributed by atoms with Gasteiger partial charge in [-0.05, 0) is 80.8 Å². The zero-order chi connectivity index (χ0) is 14.7. The molecular weight excluding hydrogens is 436 g/mol. The van der Waals surface area contributed by atoms with Gasteiger partial charge in [0.1, 0.15) is 11.6 Å². The third-order valence-electron chi connectivity index (χ3n) is 2.91. The standard InChI is InChI=1S/C15H14BrFINO/c1-2-20-14-6-3-9(7-12(14)16)15(19)11-5-4-10(17)8-13(11)18/h3-8,15H,2,19H2,1H3. The molecule has 0 saturated heterocycles. The van der Waals surface area contributed by atoms with E-state index in [1.807, 2.05) is 25.1 Å². The van der Waals surface area contributed by atoms with Crippen molar-refractivity contribution in [3.05, 3.63) is 61.4 Å². The third kappa shape index (κ3) is 3.51. The molecule has 2 rings (SSSR count). The topological polar surface area (TPSA) is 35.2 Å². The zero-order valence-electron chi connectivity index (χ0n) is 10.9. The van der Waals surface area contributed by atoms with Gasteiger partial charge in [0.2, 0.25) is 0 Å². The molecule has 0 aliphatic rings. The Bertz CT molecular complexity index is 621. The van der Waals surface area contributed by atoms with E-state index in [1.54, 1.807) is 6.07 Å². The van der Waals surface area contributed by atoms with Crippen LogP contribution in [0.5, 0.6) is 5.75 Å². The lowest BCUT2D eigenvalue weighted by Gasteiger charge is -2.16. The summed E-state index contributed by atoms with van der Waals surface area (Å²) in [4.78, 5) is 0. The van der Waals surface area contributed by atoms with Gasteiger partial charge in [-0.15, -0.1) is 0 Å². The van der Waals surface area contributed by atoms with Gasteiger partial charge in [0.15, 0.2) is 0 Å². The van der Waals surface area contributed by atoms with Gasteiger partial charge in [-0.3, -0.25) is 0 Å². The minimum absolute atomic E-state index is 0.252. The quantitative estimate of drug-likeness (QED) is 0.690. The van der Waals surface area contributed by atoms with Crippen molar-refractivity contribution < 1.29 is 9.13 Å². The summed E-state index contributed by atoms with van der Waals surface area (Å²) < 4.78 is 20.3. The van der Waals surface area contributed by atoms with E-state index in [4.69, 9.17) is 10.5 Å². The molecule has 0 fully saturated rings. The molecule has 20 heavy (non-hydrogen) atoms. The van der Waals surface area contributed by atoms with Gasteiger partial charge in [-0.1, -0.05) is 12.1 Å². The Balaban J connectivity index is 2.33. The maximum Gasteiger partial charge on any atom is 0.133 e. The molecule has 0 aromatic heterocycles. The van der Waals surface area contributed by atoms with E-state index in [0.717, 1.165) is 24.9 Å². The highest BCUT2D eigenvalue weighted by Crippen LogP contribution is 2.31. The molecular formula is C15H14BrFINO. The molecule has 0 spiro atoms. The van der Waals surface area contributed by atoms with Crippen LogP contribution >= 0.6 is 38.5 Å². The second-order valence-corrected chi connectivity index (χ2v) is 6.28. The van der Waals surface area contributed by atoms with E-state index in [1.165, 1.54) is 12.1 Å². The molecule has 1 atom stereocenters. The number of halogens is 3. The highest BCUT2D eigenvalue weighted by Gasteiger charge is 2.14. The summed E-state index contributed by atoms with van der Waals surface area (Å²) in [6, 6.07) is 10.1. The molecule has 2 nitrogen and oxygen atoms in total. The molecule has 0 aliphatic carbocycles. The van der Waals surface area contributed by atoms with Crippen LogP contribution in [0.1, 0.15) is 24.1 Å². The van der Waals surface area contributed by atoms with Crippen molar-refractivity contribution in [1.29, 1.82) is 0 Å². The number of ether oxygens (including phenoxy) is 1. The van der Waals surface area contributed by atoms with Gasteiger partial charge in [-0.2, -0.15) is 0 Å². The van der Waals surface area contributed by atoms with Crippen molar-refractivity contribution in [2.24, 2.45) is 5.73 Å². The van der Waals surface area contributed by atoms with Crippen molar-refractivity contribution in [1.82, 2.24) is 0 Å². The van der Waals surface area contributed by atoms with Gasteiger partial charge in [0, 0.05) is 3.57 Å². The molecule has 106 valence electrons. The van der Waals surface area contributed by atoms with E-state index in [9.17, 15) is 4.39 Å². The third-order valence-corrected chi connectivity index (χ3v) is 4.47. The van der Waals surface area contributed by atoms with E-state index in [0.29, 0.717) is 6.61 Å². The van der Waals surface area contributed by atoms with Crippen LogP contribution in [0.4, 0.5) is 4.39 Å². The highest BCUT2D eigenvalue weighted by atomic mass is 127. The molecule has 1 unspecified atom stereocenters. The van der Waals surface area contributed by atoms with E-state index >= 15 is 0 Å². The van der Waals surface area contributed by atoms with E-state index in [2.05, 4.69) is 38.5 Å². The van der Waals surface area contributed by atoms with Crippen LogP contribution in [0.25, 0.3) is 0 Å². The molecule has 0 saturated carbocycles.